The monoisotopic (exact) mass is 401 g/mol. The van der Waals surface area contributed by atoms with E-state index in [2.05, 4.69) is 19.9 Å². The van der Waals surface area contributed by atoms with Gasteiger partial charge in [0.05, 0.1) is 5.69 Å². The smallest absolute Gasteiger partial charge is 0.395 e. The lowest BCUT2D eigenvalue weighted by Crippen LogP contribution is -2.25. The van der Waals surface area contributed by atoms with Crippen LogP contribution in [-0.4, -0.2) is 21.2 Å². The highest BCUT2D eigenvalue weighted by molar-refractivity contribution is 5.72. The zero-order chi connectivity index (χ0) is 20.8. The molecule has 0 fully saturated rings. The van der Waals surface area contributed by atoms with Crippen molar-refractivity contribution in [3.63, 3.8) is 0 Å². The number of ether oxygens (including phenoxy) is 2. The Balaban J connectivity index is 1.54. The maximum Gasteiger partial charge on any atom is 0.586 e. The molecule has 1 aromatic heterocycles. The zero-order valence-electron chi connectivity index (χ0n) is 16.2. The number of benzene rings is 2. The van der Waals surface area contributed by atoms with Crippen molar-refractivity contribution in [1.29, 1.82) is 0 Å². The number of anilines is 1. The molecular weight excluding hydrogens is 380 g/mol. The molecule has 2 heterocycles. The van der Waals surface area contributed by atoms with Crippen LogP contribution in [0.4, 0.5) is 14.5 Å². The summed E-state index contributed by atoms with van der Waals surface area (Å²) in [5.74, 6) is 0.0367. The Morgan fingerprint density at radius 2 is 1.72 bits per heavy atom. The maximum absolute atomic E-state index is 13.3. The molecule has 29 heavy (non-hydrogen) atoms. The number of alkyl halides is 2. The van der Waals surface area contributed by atoms with Gasteiger partial charge in [-0.25, -0.2) is 0 Å². The van der Waals surface area contributed by atoms with Gasteiger partial charge in [0.15, 0.2) is 17.7 Å². The van der Waals surface area contributed by atoms with Gasteiger partial charge in [0.25, 0.3) is 0 Å². The van der Waals surface area contributed by atoms with Gasteiger partial charge in [-0.1, -0.05) is 12.1 Å². The van der Waals surface area contributed by atoms with E-state index in [4.69, 9.17) is 0 Å². The second-order valence-corrected chi connectivity index (χ2v) is 7.20. The van der Waals surface area contributed by atoms with Crippen molar-refractivity contribution >= 4 is 5.69 Å². The number of rotatable bonds is 5. The molecular formula is C21H21F2N3O3. The second-order valence-electron chi connectivity index (χ2n) is 7.20. The molecule has 0 spiro atoms. The first-order valence-electron chi connectivity index (χ1n) is 9.22. The minimum absolute atomic E-state index is 0.00942. The number of hydrogen-bond acceptors (Lipinski definition) is 5. The summed E-state index contributed by atoms with van der Waals surface area (Å²) in [4.78, 5) is 0. The van der Waals surface area contributed by atoms with E-state index in [1.165, 1.54) is 6.07 Å². The third kappa shape index (κ3) is 3.75. The summed E-state index contributed by atoms with van der Waals surface area (Å²) in [6, 6.07) is 12.3. The van der Waals surface area contributed by atoms with E-state index in [-0.39, 0.29) is 17.5 Å². The number of nitrogens with one attached hydrogen (secondary N) is 1. The molecule has 0 aliphatic carbocycles. The topological polar surface area (TPSA) is 68.5 Å². The van der Waals surface area contributed by atoms with Crippen LogP contribution in [-0.2, 0) is 0 Å². The first kappa shape index (κ1) is 19.2. The second kappa shape index (κ2) is 7.04. The molecule has 2 N–H and O–H groups in total. The highest BCUT2D eigenvalue weighted by atomic mass is 19.3. The van der Waals surface area contributed by atoms with Crippen molar-refractivity contribution < 1.29 is 23.4 Å². The first-order chi connectivity index (χ1) is 13.7. The van der Waals surface area contributed by atoms with E-state index in [9.17, 15) is 13.9 Å². The van der Waals surface area contributed by atoms with Crippen LogP contribution in [0, 0.1) is 6.92 Å². The molecule has 0 saturated carbocycles. The van der Waals surface area contributed by atoms with E-state index in [1.807, 2.05) is 45.0 Å². The molecule has 1 aliphatic rings. The molecule has 6 nitrogen and oxygen atoms in total. The van der Waals surface area contributed by atoms with Gasteiger partial charge in [0.1, 0.15) is 0 Å². The van der Waals surface area contributed by atoms with Gasteiger partial charge in [-0.3, -0.25) is 4.68 Å². The Bertz CT molecular complexity index is 1030. The highest BCUT2D eigenvalue weighted by Gasteiger charge is 2.43. The van der Waals surface area contributed by atoms with Crippen molar-refractivity contribution in [2.75, 3.05) is 5.32 Å². The molecule has 1 atom stereocenters. The lowest BCUT2D eigenvalue weighted by molar-refractivity contribution is -0.286. The average molecular weight is 401 g/mol. The summed E-state index contributed by atoms with van der Waals surface area (Å²) < 4.78 is 37.4. The van der Waals surface area contributed by atoms with Gasteiger partial charge in [-0.05, 0) is 67.8 Å². The molecule has 1 unspecified atom stereocenters. The normalized spacial score (nSPS) is 15.6. The van der Waals surface area contributed by atoms with E-state index < -0.39 is 12.5 Å². The minimum Gasteiger partial charge on any atom is -0.395 e. The highest BCUT2D eigenvalue weighted by Crippen LogP contribution is 2.44. The Morgan fingerprint density at radius 3 is 2.38 bits per heavy atom. The molecule has 0 bridgehead atoms. The molecule has 1 aliphatic heterocycles. The van der Waals surface area contributed by atoms with Crippen LogP contribution < -0.4 is 14.8 Å². The summed E-state index contributed by atoms with van der Waals surface area (Å²) in [5, 5.41) is 17.8. The van der Waals surface area contributed by atoms with Crippen LogP contribution in [0.5, 0.6) is 11.5 Å². The first-order valence-corrected chi connectivity index (χ1v) is 9.22. The summed E-state index contributed by atoms with van der Waals surface area (Å²) in [5.41, 5.74) is 3.75. The van der Waals surface area contributed by atoms with Crippen molar-refractivity contribution in [2.24, 2.45) is 0 Å². The predicted molar refractivity (Wildman–Crippen MR) is 104 cm³/mol. The number of hydrogen-bond donors (Lipinski definition) is 2. The molecule has 0 radical (unpaired) electrons. The van der Waals surface area contributed by atoms with Crippen LogP contribution >= 0.6 is 0 Å². The van der Waals surface area contributed by atoms with Gasteiger partial charge < -0.3 is 19.9 Å². The maximum atomic E-state index is 13.3. The molecule has 0 saturated heterocycles. The standard InChI is InChI=1S/C21H21F2N3O3/c1-12(2)26-17(8-9-24-26)20(27)25-15-6-4-14(5-7-15)16-11-19-18(10-13(16)3)28-21(22,23)29-19/h4-12,20,25,27H,1-3H3. The summed E-state index contributed by atoms with van der Waals surface area (Å²) in [6.45, 7) is 5.79. The fourth-order valence-corrected chi connectivity index (χ4v) is 3.36. The number of aryl methyl sites for hydroxylation is 1. The molecule has 3 aromatic rings. The minimum atomic E-state index is -3.64. The van der Waals surface area contributed by atoms with Crippen LogP contribution in [0.1, 0.15) is 37.4 Å². The third-order valence-electron chi connectivity index (χ3n) is 4.72. The third-order valence-corrected chi connectivity index (χ3v) is 4.72. The average Bonchev–Trinajstić information content (AvgIpc) is 3.25. The van der Waals surface area contributed by atoms with Crippen LogP contribution in [0.15, 0.2) is 48.7 Å². The number of aliphatic hydroxyl groups excluding tert-OH is 1. The van der Waals surface area contributed by atoms with Crippen LogP contribution in [0.2, 0.25) is 0 Å². The van der Waals surface area contributed by atoms with E-state index in [0.29, 0.717) is 11.4 Å². The van der Waals surface area contributed by atoms with Crippen molar-refractivity contribution in [2.45, 2.75) is 39.3 Å². The Hall–Kier alpha value is -3.13. The Kier molecular flexibility index (Phi) is 4.66. The van der Waals surface area contributed by atoms with Gasteiger partial charge in [0, 0.05) is 17.9 Å². The molecule has 0 amide bonds. The summed E-state index contributed by atoms with van der Waals surface area (Å²) >= 11 is 0. The summed E-state index contributed by atoms with van der Waals surface area (Å²) in [6.07, 6.45) is -2.91. The molecule has 2 aromatic carbocycles. The SMILES string of the molecule is Cc1cc2c(cc1-c1ccc(NC(O)c3ccnn3C(C)C)cc1)OC(F)(F)O2. The number of aliphatic hydroxyl groups is 1. The van der Waals surface area contributed by atoms with Gasteiger partial charge in [0.2, 0.25) is 0 Å². The fraction of sp³-hybridized carbons (Fsp3) is 0.286. The predicted octanol–water partition coefficient (Wildman–Crippen LogP) is 4.86. The van der Waals surface area contributed by atoms with Crippen molar-refractivity contribution in [3.8, 4) is 22.6 Å². The number of nitrogens with zero attached hydrogens (tertiary/aromatic N) is 2. The van der Waals surface area contributed by atoms with Crippen molar-refractivity contribution in [3.05, 3.63) is 59.9 Å². The molecule has 4 rings (SSSR count). The zero-order valence-corrected chi connectivity index (χ0v) is 16.2. The fourth-order valence-electron chi connectivity index (χ4n) is 3.36. The lowest BCUT2D eigenvalue weighted by Gasteiger charge is -2.18. The molecule has 8 heteroatoms. The number of fused-ring (bicyclic) bond motifs is 1. The van der Waals surface area contributed by atoms with E-state index >= 15 is 0 Å². The van der Waals surface area contributed by atoms with Crippen LogP contribution in [0.25, 0.3) is 11.1 Å². The van der Waals surface area contributed by atoms with Gasteiger partial charge in [-0.2, -0.15) is 5.10 Å². The lowest BCUT2D eigenvalue weighted by atomic mass is 9.99. The number of halogens is 2. The Morgan fingerprint density at radius 1 is 1.07 bits per heavy atom. The van der Waals surface area contributed by atoms with Crippen LogP contribution in [0.3, 0.4) is 0 Å². The van der Waals surface area contributed by atoms with E-state index in [0.717, 1.165) is 16.7 Å². The molecule has 152 valence electrons. The largest absolute Gasteiger partial charge is 0.586 e. The summed E-state index contributed by atoms with van der Waals surface area (Å²) in [7, 11) is 0. The number of aromatic nitrogens is 2. The van der Waals surface area contributed by atoms with E-state index in [1.54, 1.807) is 23.0 Å². The van der Waals surface area contributed by atoms with Crippen molar-refractivity contribution in [1.82, 2.24) is 9.78 Å². The van der Waals surface area contributed by atoms with Gasteiger partial charge >= 0.3 is 6.29 Å². The van der Waals surface area contributed by atoms with Gasteiger partial charge in [-0.15, -0.1) is 8.78 Å². The quantitative estimate of drug-likeness (QED) is 0.598. The Labute approximate surface area is 166 Å².